The first kappa shape index (κ1) is 26.0. The van der Waals surface area contributed by atoms with E-state index < -0.39 is 5.60 Å². The summed E-state index contributed by atoms with van der Waals surface area (Å²) in [5.41, 5.74) is 2.20. The van der Waals surface area contributed by atoms with Gasteiger partial charge in [0.2, 0.25) is 0 Å². The molecule has 0 amide bonds. The fourth-order valence-electron chi connectivity index (χ4n) is 3.30. The zero-order valence-electron chi connectivity index (χ0n) is 16.2. The number of allylic oxidation sites excluding steroid dienone is 4. The molecule has 1 atom stereocenters. The van der Waals surface area contributed by atoms with Crippen molar-refractivity contribution < 1.29 is 51.6 Å². The molecule has 0 aliphatic heterocycles. The molecule has 0 radical (unpaired) electrons. The molecule has 1 aliphatic rings. The summed E-state index contributed by atoms with van der Waals surface area (Å²) in [6, 6.07) is 27.5. The molecule has 148 valence electrons. The Morgan fingerprint density at radius 1 is 0.700 bits per heavy atom. The Hall–Kier alpha value is -2.05. The molecule has 1 aliphatic carbocycles. The van der Waals surface area contributed by atoms with Crippen LogP contribution >= 0.6 is 0 Å². The van der Waals surface area contributed by atoms with Crippen molar-refractivity contribution >= 4 is 0 Å². The van der Waals surface area contributed by atoms with Crippen molar-refractivity contribution in [2.24, 2.45) is 0 Å². The van der Waals surface area contributed by atoms with Gasteiger partial charge in [-0.05, 0) is 17.7 Å². The third kappa shape index (κ3) is 5.76. The van der Waals surface area contributed by atoms with Crippen molar-refractivity contribution in [3.05, 3.63) is 131 Å². The topological polar surface area (TPSA) is 20.2 Å². The summed E-state index contributed by atoms with van der Waals surface area (Å²) >= 11 is 0. The fourth-order valence-corrected chi connectivity index (χ4v) is 3.30. The summed E-state index contributed by atoms with van der Waals surface area (Å²) in [5.74, 6) is 6.52. The molecule has 0 spiro atoms. The van der Waals surface area contributed by atoms with E-state index in [0.29, 0.717) is 0 Å². The zero-order valence-corrected chi connectivity index (χ0v) is 19.2. The number of benzene rings is 3. The smallest absolute Gasteiger partial charge is 1.00 e. The average Bonchev–Trinajstić information content (AvgIpc) is 3.28. The van der Waals surface area contributed by atoms with E-state index in [4.69, 9.17) is 0 Å². The van der Waals surface area contributed by atoms with Crippen molar-refractivity contribution in [3.63, 3.8) is 0 Å². The molecule has 1 N–H and O–H groups in total. The molecule has 3 aromatic carbocycles. The molecular weight excluding hydrogens is 447 g/mol. The van der Waals surface area contributed by atoms with Gasteiger partial charge in [-0.15, -0.1) is 0 Å². The van der Waals surface area contributed by atoms with E-state index in [1.165, 1.54) is 0 Å². The van der Waals surface area contributed by atoms with Crippen LogP contribution in [0.3, 0.4) is 0 Å². The van der Waals surface area contributed by atoms with Crippen molar-refractivity contribution in [1.29, 1.82) is 0 Å². The van der Waals surface area contributed by atoms with E-state index in [2.05, 4.69) is 48.3 Å². The van der Waals surface area contributed by atoms with Gasteiger partial charge in [0.25, 0.3) is 0 Å². The van der Waals surface area contributed by atoms with Gasteiger partial charge in [-0.25, -0.2) is 0 Å². The van der Waals surface area contributed by atoms with Gasteiger partial charge in [0.1, 0.15) is 0 Å². The Morgan fingerprint density at radius 2 is 1.27 bits per heavy atom. The normalized spacial score (nSPS) is 13.6. The predicted molar refractivity (Wildman–Crippen MR) is 110 cm³/mol. The second-order valence-electron chi connectivity index (χ2n) is 6.61. The molecule has 0 saturated heterocycles. The van der Waals surface area contributed by atoms with E-state index >= 15 is 0 Å². The summed E-state index contributed by atoms with van der Waals surface area (Å²) in [6.45, 7) is 0. The SMILES string of the molecule is OC(C#Cc1ccccc1)(c1ccccc1)c1cccc(C2C=CC=C2)c1.[Cl-].[Cl-].[Ti+2]. The Balaban J connectivity index is 0.00000150. The van der Waals surface area contributed by atoms with Crippen LogP contribution in [0.25, 0.3) is 0 Å². The average molecular weight is 467 g/mol. The van der Waals surface area contributed by atoms with Crippen LogP contribution in [0, 0.1) is 11.8 Å². The van der Waals surface area contributed by atoms with Gasteiger partial charge in [-0.2, -0.15) is 0 Å². The summed E-state index contributed by atoms with van der Waals surface area (Å²) in [7, 11) is 0. The summed E-state index contributed by atoms with van der Waals surface area (Å²) in [4.78, 5) is 0. The standard InChI is InChI=1S/C26H20O.2ClH.Ti/c27-26(24-15-5-2-6-16-24,19-18-21-10-3-1-4-11-21)25-17-9-14-23(20-25)22-12-7-8-13-22;;;/h1-17,20,22,27H;2*1H;/q;;;+2/p-2. The van der Waals surface area contributed by atoms with E-state index in [1.807, 2.05) is 72.8 Å². The minimum absolute atomic E-state index is 0. The molecule has 3 aromatic rings. The first-order valence-electron chi connectivity index (χ1n) is 9.07. The van der Waals surface area contributed by atoms with Crippen LogP contribution in [0.5, 0.6) is 0 Å². The number of hydrogen-bond donors (Lipinski definition) is 1. The molecule has 1 nitrogen and oxygen atoms in total. The first-order valence-corrected chi connectivity index (χ1v) is 9.07. The van der Waals surface area contributed by atoms with E-state index in [-0.39, 0.29) is 52.4 Å². The molecule has 0 saturated carbocycles. The summed E-state index contributed by atoms with van der Waals surface area (Å²) in [6.07, 6.45) is 8.40. The summed E-state index contributed by atoms with van der Waals surface area (Å²) in [5, 5.41) is 11.7. The molecule has 0 heterocycles. The van der Waals surface area contributed by atoms with Gasteiger partial charge in [0, 0.05) is 22.6 Å². The van der Waals surface area contributed by atoms with Gasteiger partial charge in [0.05, 0.1) is 0 Å². The van der Waals surface area contributed by atoms with Crippen LogP contribution < -0.4 is 24.8 Å². The van der Waals surface area contributed by atoms with Gasteiger partial charge >= 0.3 is 21.7 Å². The maximum atomic E-state index is 11.7. The molecule has 4 heteroatoms. The van der Waals surface area contributed by atoms with E-state index in [9.17, 15) is 5.11 Å². The molecule has 0 fully saturated rings. The van der Waals surface area contributed by atoms with Crippen LogP contribution in [0.4, 0.5) is 0 Å². The van der Waals surface area contributed by atoms with Crippen LogP contribution in [-0.4, -0.2) is 5.11 Å². The van der Waals surface area contributed by atoms with Crippen LogP contribution in [0.2, 0.25) is 0 Å². The third-order valence-corrected chi connectivity index (χ3v) is 4.79. The minimum Gasteiger partial charge on any atom is -1.00 e. The summed E-state index contributed by atoms with van der Waals surface area (Å²) < 4.78 is 0. The van der Waals surface area contributed by atoms with Crippen LogP contribution in [0.15, 0.2) is 109 Å². The van der Waals surface area contributed by atoms with E-state index in [1.54, 1.807) is 0 Å². The van der Waals surface area contributed by atoms with E-state index in [0.717, 1.165) is 22.3 Å². The molecule has 0 aromatic heterocycles. The van der Waals surface area contributed by atoms with Gasteiger partial charge in [-0.1, -0.05) is 109 Å². The molecule has 4 rings (SSSR count). The minimum atomic E-state index is -1.38. The zero-order chi connectivity index (χ0) is 18.5. The van der Waals surface area contributed by atoms with Crippen molar-refractivity contribution in [3.8, 4) is 11.8 Å². The maximum Gasteiger partial charge on any atom is 2.00 e. The first-order chi connectivity index (χ1) is 13.3. The molecule has 30 heavy (non-hydrogen) atoms. The molecular formula is C26H20Cl2OTi. The van der Waals surface area contributed by atoms with Crippen molar-refractivity contribution in [2.45, 2.75) is 11.5 Å². The maximum absolute atomic E-state index is 11.7. The fraction of sp³-hybridized carbons (Fsp3) is 0.0769. The van der Waals surface area contributed by atoms with Crippen molar-refractivity contribution in [1.82, 2.24) is 0 Å². The van der Waals surface area contributed by atoms with Gasteiger partial charge in [-0.3, -0.25) is 0 Å². The van der Waals surface area contributed by atoms with Crippen LogP contribution in [-0.2, 0) is 27.3 Å². The predicted octanol–water partition coefficient (Wildman–Crippen LogP) is -0.811. The number of halogens is 2. The second kappa shape index (κ2) is 12.0. The number of hydrogen-bond acceptors (Lipinski definition) is 1. The number of aliphatic hydroxyl groups is 1. The van der Waals surface area contributed by atoms with Gasteiger partial charge in [0.15, 0.2) is 5.60 Å². The third-order valence-electron chi connectivity index (χ3n) is 4.79. The quantitative estimate of drug-likeness (QED) is 0.395. The van der Waals surface area contributed by atoms with Crippen LogP contribution in [0.1, 0.15) is 28.2 Å². The monoisotopic (exact) mass is 466 g/mol. The van der Waals surface area contributed by atoms with Crippen molar-refractivity contribution in [2.75, 3.05) is 0 Å². The molecule has 0 bridgehead atoms. The second-order valence-corrected chi connectivity index (χ2v) is 6.61. The molecule has 1 unspecified atom stereocenters. The van der Waals surface area contributed by atoms with Gasteiger partial charge < -0.3 is 29.9 Å². The number of rotatable bonds is 3. The largest absolute Gasteiger partial charge is 2.00 e. The Bertz CT molecular complexity index is 1040. The Kier molecular flexibility index (Phi) is 10.4. The Labute approximate surface area is 205 Å². The Morgan fingerprint density at radius 3 is 1.90 bits per heavy atom.